The predicted octanol–water partition coefficient (Wildman–Crippen LogP) is 5.30. The van der Waals surface area contributed by atoms with Crippen molar-refractivity contribution in [3.05, 3.63) is 65.7 Å². The number of thioether (sulfide) groups is 1. The fourth-order valence-corrected chi connectivity index (χ4v) is 6.87. The molecule has 0 unspecified atom stereocenters. The minimum atomic E-state index is -0.684. The van der Waals surface area contributed by atoms with Gasteiger partial charge in [-0.15, -0.1) is 0 Å². The molecule has 2 heterocycles. The van der Waals surface area contributed by atoms with Crippen molar-refractivity contribution in [2.75, 3.05) is 39.0 Å². The average Bonchev–Trinajstić information content (AvgIpc) is 2.97. The number of aryl methyl sites for hydroxylation is 1. The van der Waals surface area contributed by atoms with Crippen LogP contribution in [0.2, 0.25) is 0 Å². The van der Waals surface area contributed by atoms with Crippen molar-refractivity contribution in [3.63, 3.8) is 0 Å². The predicted molar refractivity (Wildman–Crippen MR) is 160 cm³/mol. The lowest BCUT2D eigenvalue weighted by molar-refractivity contribution is -0.160. The Kier molecular flexibility index (Phi) is 11.2. The molecule has 39 heavy (non-hydrogen) atoms. The van der Waals surface area contributed by atoms with Gasteiger partial charge in [-0.1, -0.05) is 62.2 Å². The van der Waals surface area contributed by atoms with Crippen molar-refractivity contribution in [1.82, 2.24) is 15.1 Å². The summed E-state index contributed by atoms with van der Waals surface area (Å²) in [5.74, 6) is 2.35. The maximum Gasteiger partial charge on any atom is 0.246 e. The Hall–Kier alpha value is -2.51. The van der Waals surface area contributed by atoms with Gasteiger partial charge in [0.05, 0.1) is 7.11 Å². The molecular formula is C32H45N3O3S. The first-order chi connectivity index (χ1) is 19.1. The number of amides is 2. The third-order valence-corrected chi connectivity index (χ3v) is 9.29. The number of carbonyl (C=O) groups is 2. The number of nitrogens with zero attached hydrogens (tertiary/aromatic N) is 2. The van der Waals surface area contributed by atoms with Crippen LogP contribution in [0.3, 0.4) is 0 Å². The van der Waals surface area contributed by atoms with Crippen LogP contribution in [0.5, 0.6) is 5.75 Å². The third-order valence-electron chi connectivity index (χ3n) is 8.18. The zero-order valence-electron chi connectivity index (χ0n) is 23.7. The molecule has 2 aliphatic rings. The van der Waals surface area contributed by atoms with Crippen molar-refractivity contribution in [2.24, 2.45) is 0 Å². The molecule has 0 saturated carbocycles. The molecule has 2 amide bonds. The number of unbranched alkanes of at least 4 members (excludes halogenated alkanes) is 3. The summed E-state index contributed by atoms with van der Waals surface area (Å²) < 4.78 is 5.23. The molecule has 2 aliphatic heterocycles. The maximum atomic E-state index is 13.6. The minimum Gasteiger partial charge on any atom is -0.497 e. The Balaban J connectivity index is 1.21. The molecule has 0 bridgehead atoms. The molecule has 2 aromatic carbocycles. The van der Waals surface area contributed by atoms with Crippen LogP contribution in [0.1, 0.15) is 63.0 Å². The Morgan fingerprint density at radius 3 is 2.33 bits per heavy atom. The molecule has 2 fully saturated rings. The monoisotopic (exact) mass is 551 g/mol. The van der Waals surface area contributed by atoms with Gasteiger partial charge in [0.25, 0.3) is 0 Å². The van der Waals surface area contributed by atoms with E-state index in [-0.39, 0.29) is 11.8 Å². The first kappa shape index (κ1) is 29.5. The van der Waals surface area contributed by atoms with Crippen LogP contribution in [-0.2, 0) is 21.8 Å². The van der Waals surface area contributed by atoms with E-state index in [9.17, 15) is 9.59 Å². The number of nitrogens with one attached hydrogen (secondary N) is 1. The average molecular weight is 552 g/mol. The number of piperidine rings is 1. The van der Waals surface area contributed by atoms with Gasteiger partial charge >= 0.3 is 0 Å². The molecule has 2 saturated heterocycles. The summed E-state index contributed by atoms with van der Waals surface area (Å²) in [4.78, 5) is 31.5. The summed E-state index contributed by atoms with van der Waals surface area (Å²) in [6.07, 6.45) is 8.40. The highest BCUT2D eigenvalue weighted by Gasteiger charge is 2.53. The minimum absolute atomic E-state index is 0.0474. The van der Waals surface area contributed by atoms with E-state index < -0.39 is 11.6 Å². The van der Waals surface area contributed by atoms with Crippen molar-refractivity contribution < 1.29 is 14.3 Å². The summed E-state index contributed by atoms with van der Waals surface area (Å²) in [5.41, 5.74) is 1.92. The van der Waals surface area contributed by atoms with Crippen LogP contribution >= 0.6 is 11.8 Å². The number of ether oxygens (including phenoxy) is 1. The Morgan fingerprint density at radius 1 is 0.923 bits per heavy atom. The highest BCUT2D eigenvalue weighted by molar-refractivity contribution is 7.98. The highest BCUT2D eigenvalue weighted by Crippen LogP contribution is 2.34. The number of carbonyl (C=O) groups excluding carboxylic acids is 2. The van der Waals surface area contributed by atoms with Crippen LogP contribution in [0, 0.1) is 0 Å². The molecule has 1 spiro atoms. The molecule has 0 aliphatic carbocycles. The molecule has 0 aromatic heterocycles. The molecule has 6 nitrogen and oxygen atoms in total. The smallest absolute Gasteiger partial charge is 0.246 e. The van der Waals surface area contributed by atoms with Crippen molar-refractivity contribution in [3.8, 4) is 5.75 Å². The summed E-state index contributed by atoms with van der Waals surface area (Å²) in [6.45, 7) is 5.57. The van der Waals surface area contributed by atoms with Gasteiger partial charge in [-0.2, -0.15) is 11.8 Å². The first-order valence-electron chi connectivity index (χ1n) is 14.6. The Bertz CT molecular complexity index is 1040. The number of methoxy groups -OCH3 is 1. The quantitative estimate of drug-likeness (QED) is 0.323. The van der Waals surface area contributed by atoms with E-state index in [4.69, 9.17) is 4.74 Å². The van der Waals surface area contributed by atoms with Crippen LogP contribution in [0.4, 0.5) is 0 Å². The molecule has 212 valence electrons. The number of hydrogen-bond donors (Lipinski definition) is 1. The number of benzene rings is 2. The van der Waals surface area contributed by atoms with Crippen LogP contribution in [-0.4, -0.2) is 72.2 Å². The second kappa shape index (κ2) is 14.8. The fourth-order valence-electron chi connectivity index (χ4n) is 5.86. The van der Waals surface area contributed by atoms with E-state index in [0.29, 0.717) is 12.3 Å². The molecule has 4 rings (SSSR count). The number of likely N-dealkylation sites (tertiary alicyclic amines) is 1. The fraction of sp³-hybridized carbons (Fsp3) is 0.562. The molecule has 7 heteroatoms. The summed E-state index contributed by atoms with van der Waals surface area (Å²) in [7, 11) is 1.66. The van der Waals surface area contributed by atoms with Crippen LogP contribution in [0.25, 0.3) is 0 Å². The Morgan fingerprint density at radius 2 is 1.64 bits per heavy atom. The topological polar surface area (TPSA) is 61.9 Å². The Labute approximate surface area is 238 Å². The first-order valence-corrected chi connectivity index (χ1v) is 15.8. The van der Waals surface area contributed by atoms with Gasteiger partial charge in [0, 0.05) is 31.1 Å². The zero-order valence-corrected chi connectivity index (χ0v) is 24.5. The lowest BCUT2D eigenvalue weighted by Gasteiger charge is -2.51. The second-order valence-corrected chi connectivity index (χ2v) is 11.9. The maximum absolute atomic E-state index is 13.6. The van der Waals surface area contributed by atoms with E-state index in [2.05, 4.69) is 47.5 Å². The number of rotatable bonds is 14. The van der Waals surface area contributed by atoms with Gasteiger partial charge in [-0.05, 0) is 68.3 Å². The van der Waals surface area contributed by atoms with Crippen molar-refractivity contribution >= 4 is 23.6 Å². The van der Waals surface area contributed by atoms with E-state index in [1.807, 2.05) is 29.2 Å². The van der Waals surface area contributed by atoms with Gasteiger partial charge in [0.2, 0.25) is 11.8 Å². The molecular weight excluding hydrogens is 506 g/mol. The van der Waals surface area contributed by atoms with Crippen molar-refractivity contribution in [1.29, 1.82) is 0 Å². The molecule has 1 N–H and O–H groups in total. The summed E-state index contributed by atoms with van der Waals surface area (Å²) in [5, 5.41) is 3.12. The van der Waals surface area contributed by atoms with E-state index in [1.54, 1.807) is 18.9 Å². The number of hydrogen-bond acceptors (Lipinski definition) is 5. The van der Waals surface area contributed by atoms with E-state index in [1.165, 1.54) is 36.8 Å². The van der Waals surface area contributed by atoms with Gasteiger partial charge in [0.15, 0.2) is 0 Å². The SMILES string of the molecule is CCCN1C(=O)[C@H](CSCc2ccc(OC)cc2)NC(=O)C12CCN(CCCCCCc1ccccc1)CC2. The van der Waals surface area contributed by atoms with Crippen LogP contribution < -0.4 is 10.1 Å². The standard InChI is InChI=1S/C32H45N3O3S/c1-3-20-35-30(36)29(25-39-24-27-14-16-28(38-2)17-15-27)33-31(37)32(35)18-22-34(23-19-32)21-10-5-4-7-11-26-12-8-6-9-13-26/h6,8-9,12-17,29H,3-5,7,10-11,18-25H2,1-2H3,(H,33,37)/t29-/m0/s1. The number of piperazine rings is 1. The zero-order chi connectivity index (χ0) is 27.5. The highest BCUT2D eigenvalue weighted by atomic mass is 32.2. The van der Waals surface area contributed by atoms with Crippen molar-refractivity contribution in [2.45, 2.75) is 75.6 Å². The largest absolute Gasteiger partial charge is 0.497 e. The van der Waals surface area contributed by atoms with E-state index in [0.717, 1.165) is 56.8 Å². The molecule has 1 atom stereocenters. The van der Waals surface area contributed by atoms with Gasteiger partial charge in [-0.25, -0.2) is 0 Å². The van der Waals surface area contributed by atoms with Gasteiger partial charge < -0.3 is 19.9 Å². The van der Waals surface area contributed by atoms with Gasteiger partial charge in [0.1, 0.15) is 17.3 Å². The van der Waals surface area contributed by atoms with Gasteiger partial charge in [-0.3, -0.25) is 9.59 Å². The lowest BCUT2D eigenvalue weighted by atomic mass is 9.81. The van der Waals surface area contributed by atoms with E-state index >= 15 is 0 Å². The third kappa shape index (κ3) is 7.79. The molecule has 2 aromatic rings. The van der Waals surface area contributed by atoms with Crippen LogP contribution in [0.15, 0.2) is 54.6 Å². The molecule has 0 radical (unpaired) electrons. The normalized spacial score (nSPS) is 19.3. The summed E-state index contributed by atoms with van der Waals surface area (Å²) in [6, 6.07) is 18.3. The summed E-state index contributed by atoms with van der Waals surface area (Å²) >= 11 is 1.69. The lowest BCUT2D eigenvalue weighted by Crippen LogP contribution is -2.73. The second-order valence-electron chi connectivity index (χ2n) is 10.9.